The molecule has 1 heterocycles. The van der Waals surface area contributed by atoms with Gasteiger partial charge in [0.25, 0.3) is 0 Å². The van der Waals surface area contributed by atoms with Crippen molar-refractivity contribution in [1.29, 1.82) is 0 Å². The highest BCUT2D eigenvalue weighted by Gasteiger charge is 2.10. The summed E-state index contributed by atoms with van der Waals surface area (Å²) in [5, 5.41) is 1.28. The van der Waals surface area contributed by atoms with Gasteiger partial charge in [-0.2, -0.15) is 0 Å². The van der Waals surface area contributed by atoms with E-state index in [0.717, 1.165) is 12.2 Å². The van der Waals surface area contributed by atoms with Crippen LogP contribution >= 0.6 is 0 Å². The second kappa shape index (κ2) is 4.93. The molecule has 0 aliphatic carbocycles. The number of aryl methyl sites for hydroxylation is 1. The molecule has 0 amide bonds. The van der Waals surface area contributed by atoms with Crippen LogP contribution in [0.4, 0.5) is 11.4 Å². The van der Waals surface area contributed by atoms with Crippen molar-refractivity contribution in [2.24, 2.45) is 7.05 Å². The molecule has 2 N–H and O–H groups in total. The van der Waals surface area contributed by atoms with Crippen LogP contribution in [-0.2, 0) is 13.6 Å². The molecule has 20 heavy (non-hydrogen) atoms. The van der Waals surface area contributed by atoms with E-state index in [2.05, 4.69) is 60.1 Å². The van der Waals surface area contributed by atoms with Gasteiger partial charge in [0.05, 0.1) is 5.69 Å². The molecular weight excluding hydrogens is 246 g/mol. The van der Waals surface area contributed by atoms with E-state index < -0.39 is 0 Å². The van der Waals surface area contributed by atoms with Gasteiger partial charge >= 0.3 is 0 Å². The minimum absolute atomic E-state index is 0.814. The van der Waals surface area contributed by atoms with Gasteiger partial charge in [-0.3, -0.25) is 0 Å². The number of rotatable bonds is 3. The Bertz CT molecular complexity index is 743. The number of nitrogen functional groups attached to an aromatic ring is 1. The molecule has 0 unspecified atom stereocenters. The van der Waals surface area contributed by atoms with Gasteiger partial charge < -0.3 is 15.2 Å². The number of para-hydroxylation sites is 1. The SMILES string of the molecule is CN(Cc1cccc(N)c1)c1cn(C)c2ccccc12. The molecule has 3 nitrogen and oxygen atoms in total. The Morgan fingerprint density at radius 3 is 2.70 bits per heavy atom. The monoisotopic (exact) mass is 265 g/mol. The molecule has 0 aliphatic rings. The molecule has 102 valence electrons. The second-order valence-corrected chi connectivity index (χ2v) is 5.24. The van der Waals surface area contributed by atoms with Crippen LogP contribution in [0, 0.1) is 0 Å². The first-order valence-electron chi connectivity index (χ1n) is 6.75. The van der Waals surface area contributed by atoms with E-state index in [1.807, 2.05) is 18.2 Å². The van der Waals surface area contributed by atoms with E-state index in [9.17, 15) is 0 Å². The average molecular weight is 265 g/mol. The van der Waals surface area contributed by atoms with Crippen molar-refractivity contribution in [3.63, 3.8) is 0 Å². The molecule has 0 saturated heterocycles. The number of nitrogens with two attached hydrogens (primary N) is 1. The van der Waals surface area contributed by atoms with Crippen molar-refractivity contribution in [2.75, 3.05) is 17.7 Å². The van der Waals surface area contributed by atoms with Gasteiger partial charge in [0, 0.05) is 43.4 Å². The zero-order chi connectivity index (χ0) is 14.1. The van der Waals surface area contributed by atoms with Crippen LogP contribution in [0.5, 0.6) is 0 Å². The summed E-state index contributed by atoms with van der Waals surface area (Å²) in [6, 6.07) is 16.5. The first-order valence-corrected chi connectivity index (χ1v) is 6.75. The summed E-state index contributed by atoms with van der Waals surface area (Å²) >= 11 is 0. The summed E-state index contributed by atoms with van der Waals surface area (Å²) in [7, 11) is 4.20. The van der Waals surface area contributed by atoms with Crippen molar-refractivity contribution in [1.82, 2.24) is 4.57 Å². The van der Waals surface area contributed by atoms with Gasteiger partial charge in [-0.25, -0.2) is 0 Å². The fourth-order valence-electron chi connectivity index (χ4n) is 2.67. The molecular formula is C17H19N3. The summed E-state index contributed by atoms with van der Waals surface area (Å²) in [5.41, 5.74) is 10.4. The van der Waals surface area contributed by atoms with Crippen LogP contribution in [0.15, 0.2) is 54.7 Å². The Labute approximate surface area is 119 Å². The highest BCUT2D eigenvalue weighted by Crippen LogP contribution is 2.28. The molecule has 0 spiro atoms. The Balaban J connectivity index is 1.95. The number of anilines is 2. The lowest BCUT2D eigenvalue weighted by molar-refractivity contribution is 0.909. The number of fused-ring (bicyclic) bond motifs is 1. The Morgan fingerprint density at radius 2 is 1.90 bits per heavy atom. The fourth-order valence-corrected chi connectivity index (χ4v) is 2.67. The molecule has 1 aromatic heterocycles. The molecule has 0 radical (unpaired) electrons. The number of benzene rings is 2. The van der Waals surface area contributed by atoms with Gasteiger partial charge in [0.15, 0.2) is 0 Å². The average Bonchev–Trinajstić information content (AvgIpc) is 2.77. The second-order valence-electron chi connectivity index (χ2n) is 5.24. The van der Waals surface area contributed by atoms with E-state index >= 15 is 0 Å². The smallest absolute Gasteiger partial charge is 0.0626 e. The largest absolute Gasteiger partial charge is 0.399 e. The van der Waals surface area contributed by atoms with E-state index in [-0.39, 0.29) is 0 Å². The van der Waals surface area contributed by atoms with Crippen molar-refractivity contribution < 1.29 is 0 Å². The summed E-state index contributed by atoms with van der Waals surface area (Å²) in [4.78, 5) is 2.26. The maximum absolute atomic E-state index is 5.85. The lowest BCUT2D eigenvalue weighted by Crippen LogP contribution is -2.16. The maximum Gasteiger partial charge on any atom is 0.0626 e. The van der Waals surface area contributed by atoms with Crippen LogP contribution in [0.2, 0.25) is 0 Å². The van der Waals surface area contributed by atoms with Crippen molar-refractivity contribution >= 4 is 22.3 Å². The molecule has 0 aliphatic heterocycles. The van der Waals surface area contributed by atoms with Crippen LogP contribution in [0.3, 0.4) is 0 Å². The lowest BCUT2D eigenvalue weighted by atomic mass is 10.1. The normalized spacial score (nSPS) is 10.9. The topological polar surface area (TPSA) is 34.2 Å². The van der Waals surface area contributed by atoms with Crippen LogP contribution < -0.4 is 10.6 Å². The minimum Gasteiger partial charge on any atom is -0.399 e. The number of hydrogen-bond acceptors (Lipinski definition) is 2. The summed E-state index contributed by atoms with van der Waals surface area (Å²) in [6.45, 7) is 0.846. The first-order chi connectivity index (χ1) is 9.65. The van der Waals surface area contributed by atoms with Crippen molar-refractivity contribution in [3.05, 3.63) is 60.3 Å². The first kappa shape index (κ1) is 12.6. The number of hydrogen-bond donors (Lipinski definition) is 1. The van der Waals surface area contributed by atoms with Gasteiger partial charge in [0.2, 0.25) is 0 Å². The van der Waals surface area contributed by atoms with Gasteiger partial charge in [-0.15, -0.1) is 0 Å². The molecule has 0 saturated carbocycles. The zero-order valence-corrected chi connectivity index (χ0v) is 11.9. The zero-order valence-electron chi connectivity index (χ0n) is 11.9. The van der Waals surface area contributed by atoms with Crippen molar-refractivity contribution in [3.8, 4) is 0 Å². The summed E-state index contributed by atoms with van der Waals surface area (Å²) in [6.07, 6.45) is 2.18. The van der Waals surface area contributed by atoms with Crippen LogP contribution in [0.1, 0.15) is 5.56 Å². The molecule has 2 aromatic carbocycles. The third-order valence-electron chi connectivity index (χ3n) is 3.66. The van der Waals surface area contributed by atoms with Crippen LogP contribution in [0.25, 0.3) is 10.9 Å². The summed E-state index contributed by atoms with van der Waals surface area (Å²) < 4.78 is 2.17. The van der Waals surface area contributed by atoms with E-state index in [4.69, 9.17) is 5.73 Å². The third-order valence-corrected chi connectivity index (χ3v) is 3.66. The Kier molecular flexibility index (Phi) is 3.11. The molecule has 3 aromatic rings. The summed E-state index contributed by atoms with van der Waals surface area (Å²) in [5.74, 6) is 0. The predicted octanol–water partition coefficient (Wildman–Crippen LogP) is 3.40. The standard InChI is InChI=1S/C17H19N3/c1-19(11-13-6-5-7-14(18)10-13)17-12-20(2)16-9-4-3-8-15(16)17/h3-10,12H,11,18H2,1-2H3. The quantitative estimate of drug-likeness (QED) is 0.736. The van der Waals surface area contributed by atoms with Gasteiger partial charge in [-0.1, -0.05) is 30.3 Å². The third kappa shape index (κ3) is 2.23. The molecule has 0 fully saturated rings. The number of nitrogens with zero attached hydrogens (tertiary/aromatic N) is 2. The van der Waals surface area contributed by atoms with Gasteiger partial charge in [-0.05, 0) is 23.8 Å². The molecule has 0 atom stereocenters. The lowest BCUT2D eigenvalue weighted by Gasteiger charge is -2.18. The predicted molar refractivity (Wildman–Crippen MR) is 85.9 cm³/mol. The van der Waals surface area contributed by atoms with Crippen molar-refractivity contribution in [2.45, 2.75) is 6.54 Å². The molecule has 3 heteroatoms. The van der Waals surface area contributed by atoms with Crippen LogP contribution in [-0.4, -0.2) is 11.6 Å². The minimum atomic E-state index is 0.814. The molecule has 0 bridgehead atoms. The maximum atomic E-state index is 5.85. The Hall–Kier alpha value is -2.42. The molecule has 3 rings (SSSR count). The fraction of sp³-hybridized carbons (Fsp3) is 0.176. The highest BCUT2D eigenvalue weighted by molar-refractivity contribution is 5.93. The Morgan fingerprint density at radius 1 is 1.10 bits per heavy atom. The number of aromatic nitrogens is 1. The van der Waals surface area contributed by atoms with E-state index in [1.165, 1.54) is 22.2 Å². The van der Waals surface area contributed by atoms with E-state index in [0.29, 0.717) is 0 Å². The highest BCUT2D eigenvalue weighted by atomic mass is 15.1. The van der Waals surface area contributed by atoms with Gasteiger partial charge in [0.1, 0.15) is 0 Å². The van der Waals surface area contributed by atoms with E-state index in [1.54, 1.807) is 0 Å².